The number of halogens is 1. The highest BCUT2D eigenvalue weighted by molar-refractivity contribution is 6.34. The predicted molar refractivity (Wildman–Crippen MR) is 86.8 cm³/mol. The van der Waals surface area contributed by atoms with Crippen LogP contribution < -0.4 is 19.5 Å². The molecule has 1 atom stereocenters. The molecule has 1 aromatic rings. The molecule has 7 nitrogen and oxygen atoms in total. The average molecular weight is 341 g/mol. The summed E-state index contributed by atoms with van der Waals surface area (Å²) in [7, 11) is 4.38. The van der Waals surface area contributed by atoms with Crippen LogP contribution in [0.5, 0.6) is 17.2 Å². The summed E-state index contributed by atoms with van der Waals surface area (Å²) in [4.78, 5) is 15.5. The molecule has 124 valence electrons. The molecule has 0 aliphatic carbocycles. The minimum Gasteiger partial charge on any atom is -0.493 e. The van der Waals surface area contributed by atoms with Crippen LogP contribution in [-0.4, -0.2) is 44.8 Å². The van der Waals surface area contributed by atoms with E-state index in [1.807, 2.05) is 0 Å². The fraction of sp³-hybridized carbons (Fsp3) is 0.333. The summed E-state index contributed by atoms with van der Waals surface area (Å²) in [6, 6.07) is 1.60. The van der Waals surface area contributed by atoms with Crippen LogP contribution in [0.4, 0.5) is 0 Å². The Bertz CT molecular complexity index is 700. The van der Waals surface area contributed by atoms with Gasteiger partial charge in [-0.15, -0.1) is 0 Å². The van der Waals surface area contributed by atoms with Crippen molar-refractivity contribution in [2.75, 3.05) is 21.3 Å². The number of carbonyl (C=O) groups is 1. The molecule has 1 aliphatic heterocycles. The maximum atomic E-state index is 11.5. The molecule has 0 aromatic heterocycles. The summed E-state index contributed by atoms with van der Waals surface area (Å²) in [5.41, 5.74) is 0.764. The second-order valence-electron chi connectivity index (χ2n) is 4.70. The molecule has 1 heterocycles. The van der Waals surface area contributed by atoms with Gasteiger partial charge in [0.05, 0.1) is 32.0 Å². The maximum absolute atomic E-state index is 11.5. The molecule has 2 rings (SSSR count). The molecule has 23 heavy (non-hydrogen) atoms. The maximum Gasteiger partial charge on any atom is 0.339 e. The van der Waals surface area contributed by atoms with E-state index in [0.29, 0.717) is 22.8 Å². The van der Waals surface area contributed by atoms with Crippen molar-refractivity contribution in [2.45, 2.75) is 13.1 Å². The highest BCUT2D eigenvalue weighted by Gasteiger charge is 2.26. The van der Waals surface area contributed by atoms with Gasteiger partial charge in [0.2, 0.25) is 5.75 Å². The highest BCUT2D eigenvalue weighted by atomic mass is 35.5. The smallest absolute Gasteiger partial charge is 0.339 e. The first-order valence-electron chi connectivity index (χ1n) is 6.70. The van der Waals surface area contributed by atoms with Crippen molar-refractivity contribution >= 4 is 29.5 Å². The van der Waals surface area contributed by atoms with E-state index in [-0.39, 0.29) is 22.5 Å². The van der Waals surface area contributed by atoms with Crippen LogP contribution in [0.25, 0.3) is 5.70 Å². The van der Waals surface area contributed by atoms with E-state index in [1.54, 1.807) is 13.0 Å². The lowest BCUT2D eigenvalue weighted by Gasteiger charge is -2.23. The lowest BCUT2D eigenvalue weighted by molar-refractivity contribution is -0.131. The molecule has 0 fully saturated rings. The van der Waals surface area contributed by atoms with Gasteiger partial charge in [-0.25, -0.2) is 4.79 Å². The van der Waals surface area contributed by atoms with E-state index in [9.17, 15) is 9.90 Å². The fourth-order valence-electron chi connectivity index (χ4n) is 2.26. The van der Waals surface area contributed by atoms with Gasteiger partial charge in [-0.1, -0.05) is 11.6 Å². The summed E-state index contributed by atoms with van der Waals surface area (Å²) in [5.74, 6) is -0.151. The van der Waals surface area contributed by atoms with E-state index in [4.69, 9.17) is 25.8 Å². The number of nitrogens with one attached hydrogen (secondary N) is 1. The first kappa shape index (κ1) is 17.0. The third kappa shape index (κ3) is 3.05. The van der Waals surface area contributed by atoms with Crippen molar-refractivity contribution in [2.24, 2.45) is 4.99 Å². The van der Waals surface area contributed by atoms with Crippen molar-refractivity contribution in [3.05, 3.63) is 22.2 Å². The van der Waals surface area contributed by atoms with E-state index in [0.717, 1.165) is 0 Å². The Morgan fingerprint density at radius 2 is 1.91 bits per heavy atom. The lowest BCUT2D eigenvalue weighted by atomic mass is 10.0. The van der Waals surface area contributed by atoms with Gasteiger partial charge in [-0.3, -0.25) is 4.99 Å². The summed E-state index contributed by atoms with van der Waals surface area (Å²) in [5, 5.41) is 12.6. The Kier molecular flexibility index (Phi) is 5.00. The Morgan fingerprint density at radius 1 is 1.26 bits per heavy atom. The van der Waals surface area contributed by atoms with Gasteiger partial charge in [0.15, 0.2) is 11.5 Å². The van der Waals surface area contributed by atoms with E-state index >= 15 is 0 Å². The van der Waals surface area contributed by atoms with Crippen LogP contribution >= 0.6 is 11.6 Å². The van der Waals surface area contributed by atoms with Crippen LogP contribution in [0.1, 0.15) is 12.5 Å². The topological polar surface area (TPSA) is 89.4 Å². The van der Waals surface area contributed by atoms with Crippen LogP contribution in [-0.2, 0) is 4.79 Å². The molecular weight excluding hydrogens is 324 g/mol. The van der Waals surface area contributed by atoms with Gasteiger partial charge in [-0.2, -0.15) is 0 Å². The van der Waals surface area contributed by atoms with Crippen molar-refractivity contribution in [3.8, 4) is 17.2 Å². The zero-order valence-electron chi connectivity index (χ0n) is 13.1. The minimum atomic E-state index is -1.12. The third-order valence-electron chi connectivity index (χ3n) is 3.32. The Morgan fingerprint density at radius 3 is 2.43 bits per heavy atom. The van der Waals surface area contributed by atoms with Crippen molar-refractivity contribution in [1.82, 2.24) is 5.32 Å². The molecule has 1 aromatic carbocycles. The van der Waals surface area contributed by atoms with Gasteiger partial charge in [0.25, 0.3) is 0 Å². The molecule has 0 radical (unpaired) electrons. The quantitative estimate of drug-likeness (QED) is 0.854. The van der Waals surface area contributed by atoms with Gasteiger partial charge in [0, 0.05) is 11.8 Å². The number of benzene rings is 1. The van der Waals surface area contributed by atoms with E-state index in [2.05, 4.69) is 10.3 Å². The number of hydrogen-bond acceptors (Lipinski definition) is 6. The third-order valence-corrected chi connectivity index (χ3v) is 3.69. The molecule has 0 saturated heterocycles. The van der Waals surface area contributed by atoms with Gasteiger partial charge >= 0.3 is 5.97 Å². The fourth-order valence-corrected chi connectivity index (χ4v) is 2.57. The van der Waals surface area contributed by atoms with Crippen molar-refractivity contribution in [1.29, 1.82) is 0 Å². The summed E-state index contributed by atoms with van der Waals surface area (Å²) >= 11 is 6.40. The zero-order valence-corrected chi connectivity index (χ0v) is 13.9. The monoisotopic (exact) mass is 340 g/mol. The second-order valence-corrected chi connectivity index (χ2v) is 5.08. The van der Waals surface area contributed by atoms with E-state index in [1.165, 1.54) is 27.5 Å². The number of aliphatic carboxylic acids is 1. The number of rotatable bonds is 5. The summed E-state index contributed by atoms with van der Waals surface area (Å²) in [6.07, 6.45) is 1.02. The highest BCUT2D eigenvalue weighted by Crippen LogP contribution is 2.46. The van der Waals surface area contributed by atoms with Gasteiger partial charge in [0.1, 0.15) is 11.7 Å². The number of carboxylic acids is 1. The molecule has 1 unspecified atom stereocenters. The second kappa shape index (κ2) is 6.78. The van der Waals surface area contributed by atoms with Gasteiger partial charge < -0.3 is 24.6 Å². The van der Waals surface area contributed by atoms with Gasteiger partial charge in [-0.05, 0) is 13.0 Å². The first-order chi connectivity index (χ1) is 10.9. The average Bonchev–Trinajstić information content (AvgIpc) is 2.53. The molecule has 2 N–H and O–H groups in total. The molecule has 1 aliphatic rings. The number of carboxylic acid groups (broad SMARTS) is 1. The first-order valence-corrected chi connectivity index (χ1v) is 7.08. The molecule has 0 saturated carbocycles. The van der Waals surface area contributed by atoms with Crippen LogP contribution in [0.15, 0.2) is 16.6 Å². The molecule has 8 heteroatoms. The number of nitrogens with zero attached hydrogens (tertiary/aromatic N) is 1. The minimum absolute atomic E-state index is 0.000673. The molecule has 0 bridgehead atoms. The van der Waals surface area contributed by atoms with Crippen LogP contribution in [0.3, 0.4) is 0 Å². The van der Waals surface area contributed by atoms with Crippen LogP contribution in [0, 0.1) is 0 Å². The van der Waals surface area contributed by atoms with E-state index < -0.39 is 5.97 Å². The number of hydrogen-bond donors (Lipinski definition) is 2. The van der Waals surface area contributed by atoms with Crippen LogP contribution in [0.2, 0.25) is 5.02 Å². The Labute approximate surface area is 138 Å². The lowest BCUT2D eigenvalue weighted by Crippen LogP contribution is -2.30. The SMILES string of the molecule is COc1cc(C2=C(C(=O)O)C=NC(C)N2)c(Cl)c(OC)c1OC. The van der Waals surface area contributed by atoms with Crippen molar-refractivity contribution in [3.63, 3.8) is 0 Å². The number of ether oxygens (including phenoxy) is 3. The largest absolute Gasteiger partial charge is 0.493 e. The molecule has 0 spiro atoms. The standard InChI is InChI=1S/C15H17ClN2O5/c1-7-17-6-9(15(19)20)12(18-7)8-5-10(21-2)13(22-3)14(23-4)11(8)16/h5-7,18H,1-4H3,(H,19,20). The van der Waals surface area contributed by atoms with Crippen molar-refractivity contribution < 1.29 is 24.1 Å². The molecular formula is C15H17ClN2O5. The number of aliphatic imine (C=N–C) groups is 1. The zero-order chi connectivity index (χ0) is 17.1. The normalized spacial score (nSPS) is 16.8. The summed E-state index contributed by atoms with van der Waals surface area (Å²) in [6.45, 7) is 1.79. The molecule has 0 amide bonds. The number of methoxy groups -OCH3 is 3. The summed E-state index contributed by atoms with van der Waals surface area (Å²) < 4.78 is 15.9. The predicted octanol–water partition coefficient (Wildman–Crippen LogP) is 2.18. The Balaban J connectivity index is 2.76. The Hall–Kier alpha value is -2.41.